The number of amides is 1. The summed E-state index contributed by atoms with van der Waals surface area (Å²) >= 11 is 1.11. The Hall–Kier alpha value is -1.01. The van der Waals surface area contributed by atoms with Gasteiger partial charge in [-0.2, -0.15) is 0 Å². The molecule has 2 atom stereocenters. The van der Waals surface area contributed by atoms with E-state index in [0.29, 0.717) is 4.88 Å². The van der Waals surface area contributed by atoms with E-state index in [1.807, 2.05) is 0 Å². The molecule has 5 nitrogen and oxygen atoms in total. The average Bonchev–Trinajstić information content (AvgIpc) is 2.74. The minimum atomic E-state index is -0.104. The van der Waals surface area contributed by atoms with E-state index < -0.39 is 0 Å². The Morgan fingerprint density at radius 1 is 1.53 bits per heavy atom. The van der Waals surface area contributed by atoms with Gasteiger partial charge in [0.1, 0.15) is 4.88 Å². The van der Waals surface area contributed by atoms with Crippen molar-refractivity contribution in [2.24, 2.45) is 5.73 Å². The van der Waals surface area contributed by atoms with E-state index >= 15 is 0 Å². The Balaban J connectivity index is 1.93. The zero-order chi connectivity index (χ0) is 10.7. The maximum atomic E-state index is 11.7. The summed E-state index contributed by atoms with van der Waals surface area (Å²) in [5.41, 5.74) is 5.94. The Bertz CT molecular complexity index is 327. The Morgan fingerprint density at radius 2 is 2.33 bits per heavy atom. The van der Waals surface area contributed by atoms with Gasteiger partial charge in [-0.05, 0) is 24.4 Å². The van der Waals surface area contributed by atoms with E-state index in [1.54, 1.807) is 0 Å². The van der Waals surface area contributed by atoms with Gasteiger partial charge in [-0.15, -0.1) is 5.10 Å². The molecule has 1 aromatic rings. The van der Waals surface area contributed by atoms with E-state index in [9.17, 15) is 4.79 Å². The lowest BCUT2D eigenvalue weighted by molar-refractivity contribution is 0.0925. The number of hydrogen-bond acceptors (Lipinski definition) is 5. The van der Waals surface area contributed by atoms with Crippen molar-refractivity contribution in [3.8, 4) is 0 Å². The highest BCUT2D eigenvalue weighted by Gasteiger charge is 2.24. The topological polar surface area (TPSA) is 80.9 Å². The molecule has 1 fully saturated rings. The van der Waals surface area contributed by atoms with Gasteiger partial charge in [-0.1, -0.05) is 17.3 Å². The highest BCUT2D eigenvalue weighted by Crippen LogP contribution is 2.17. The van der Waals surface area contributed by atoms with Crippen molar-refractivity contribution in [3.63, 3.8) is 0 Å². The van der Waals surface area contributed by atoms with Crippen LogP contribution in [0.2, 0.25) is 0 Å². The van der Waals surface area contributed by atoms with E-state index in [1.165, 1.54) is 6.20 Å². The van der Waals surface area contributed by atoms with Gasteiger partial charge in [0.15, 0.2) is 0 Å². The third-order valence-corrected chi connectivity index (χ3v) is 3.38. The van der Waals surface area contributed by atoms with Crippen LogP contribution in [0.1, 0.15) is 35.4 Å². The lowest BCUT2D eigenvalue weighted by atomic mass is 9.91. The first-order valence-electron chi connectivity index (χ1n) is 5.11. The van der Waals surface area contributed by atoms with Crippen LogP contribution in [-0.4, -0.2) is 27.6 Å². The molecule has 1 amide bonds. The molecule has 0 aliphatic heterocycles. The molecule has 15 heavy (non-hydrogen) atoms. The molecule has 0 aromatic carbocycles. The molecule has 1 aliphatic carbocycles. The quantitative estimate of drug-likeness (QED) is 0.771. The molecule has 0 saturated heterocycles. The van der Waals surface area contributed by atoms with Crippen molar-refractivity contribution in [1.82, 2.24) is 14.9 Å². The number of hydrogen-bond donors (Lipinski definition) is 2. The van der Waals surface area contributed by atoms with Crippen LogP contribution < -0.4 is 11.1 Å². The van der Waals surface area contributed by atoms with Gasteiger partial charge >= 0.3 is 0 Å². The van der Waals surface area contributed by atoms with Gasteiger partial charge in [-0.3, -0.25) is 4.79 Å². The van der Waals surface area contributed by atoms with E-state index in [2.05, 4.69) is 14.9 Å². The Morgan fingerprint density at radius 3 is 3.00 bits per heavy atom. The summed E-state index contributed by atoms with van der Waals surface area (Å²) in [6.07, 6.45) is 5.74. The van der Waals surface area contributed by atoms with E-state index in [4.69, 9.17) is 5.73 Å². The number of rotatable bonds is 2. The minimum absolute atomic E-state index is 0.0866. The number of nitrogens with one attached hydrogen (secondary N) is 1. The van der Waals surface area contributed by atoms with Crippen LogP contribution in [0.3, 0.4) is 0 Å². The zero-order valence-electron chi connectivity index (χ0n) is 8.35. The third-order valence-electron chi connectivity index (χ3n) is 2.72. The summed E-state index contributed by atoms with van der Waals surface area (Å²) < 4.78 is 3.65. The molecular weight excluding hydrogens is 212 g/mol. The van der Waals surface area contributed by atoms with Crippen LogP contribution in [0.4, 0.5) is 0 Å². The number of carbonyl (C=O) groups is 1. The second kappa shape index (κ2) is 4.67. The predicted molar refractivity (Wildman–Crippen MR) is 57.6 cm³/mol. The van der Waals surface area contributed by atoms with Crippen molar-refractivity contribution in [2.75, 3.05) is 0 Å². The van der Waals surface area contributed by atoms with E-state index in [0.717, 1.165) is 37.2 Å². The largest absolute Gasteiger partial charge is 0.347 e. The molecule has 82 valence electrons. The van der Waals surface area contributed by atoms with Gasteiger partial charge < -0.3 is 11.1 Å². The summed E-state index contributed by atoms with van der Waals surface area (Å²) in [5, 5.41) is 6.57. The molecule has 2 rings (SSSR count). The summed E-state index contributed by atoms with van der Waals surface area (Å²) in [4.78, 5) is 12.2. The first kappa shape index (κ1) is 10.5. The summed E-state index contributed by atoms with van der Waals surface area (Å²) in [6, 6.07) is 0.192. The van der Waals surface area contributed by atoms with Crippen LogP contribution in [0, 0.1) is 0 Å². The van der Waals surface area contributed by atoms with Gasteiger partial charge in [0.05, 0.1) is 6.20 Å². The van der Waals surface area contributed by atoms with Gasteiger partial charge in [0, 0.05) is 12.1 Å². The molecule has 0 bridgehead atoms. The lowest BCUT2D eigenvalue weighted by Gasteiger charge is -2.28. The lowest BCUT2D eigenvalue weighted by Crippen LogP contribution is -2.49. The van der Waals surface area contributed by atoms with Crippen molar-refractivity contribution in [2.45, 2.75) is 37.8 Å². The summed E-state index contributed by atoms with van der Waals surface area (Å²) in [5.74, 6) is -0.104. The first-order valence-corrected chi connectivity index (χ1v) is 5.88. The van der Waals surface area contributed by atoms with Crippen molar-refractivity contribution in [1.29, 1.82) is 0 Å². The maximum Gasteiger partial charge on any atom is 0.264 e. The summed E-state index contributed by atoms with van der Waals surface area (Å²) in [6.45, 7) is 0. The molecule has 1 heterocycles. The van der Waals surface area contributed by atoms with Gasteiger partial charge in [0.2, 0.25) is 0 Å². The fraction of sp³-hybridized carbons (Fsp3) is 0.667. The normalized spacial score (nSPS) is 26.2. The zero-order valence-corrected chi connectivity index (χ0v) is 9.17. The molecule has 1 aliphatic rings. The second-order valence-electron chi connectivity index (χ2n) is 3.81. The van der Waals surface area contributed by atoms with Crippen LogP contribution in [0.25, 0.3) is 0 Å². The summed E-state index contributed by atoms with van der Waals surface area (Å²) in [7, 11) is 0. The molecule has 3 N–H and O–H groups in total. The first-order chi connectivity index (χ1) is 7.27. The highest BCUT2D eigenvalue weighted by atomic mass is 32.1. The highest BCUT2D eigenvalue weighted by molar-refractivity contribution is 7.07. The Kier molecular flexibility index (Phi) is 3.27. The molecule has 0 radical (unpaired) electrons. The molecule has 0 spiro atoms. The Labute approximate surface area is 92.2 Å². The number of nitrogens with zero attached hydrogens (tertiary/aromatic N) is 2. The van der Waals surface area contributed by atoms with Crippen LogP contribution >= 0.6 is 11.5 Å². The van der Waals surface area contributed by atoms with Crippen LogP contribution in [-0.2, 0) is 0 Å². The molecule has 6 heteroatoms. The number of carbonyl (C=O) groups excluding carboxylic acids is 1. The van der Waals surface area contributed by atoms with Crippen molar-refractivity contribution >= 4 is 17.4 Å². The fourth-order valence-electron chi connectivity index (χ4n) is 1.85. The fourth-order valence-corrected chi connectivity index (χ4v) is 2.26. The molecule has 1 saturated carbocycles. The maximum absolute atomic E-state index is 11.7. The number of nitrogens with two attached hydrogens (primary N) is 1. The van der Waals surface area contributed by atoms with Crippen LogP contribution in [0.5, 0.6) is 0 Å². The van der Waals surface area contributed by atoms with Crippen LogP contribution in [0.15, 0.2) is 6.20 Å². The average molecular weight is 226 g/mol. The van der Waals surface area contributed by atoms with Gasteiger partial charge in [-0.25, -0.2) is 0 Å². The molecular formula is C9H14N4OS. The van der Waals surface area contributed by atoms with Crippen molar-refractivity contribution in [3.05, 3.63) is 11.1 Å². The smallest absolute Gasteiger partial charge is 0.264 e. The molecule has 1 aromatic heterocycles. The second-order valence-corrected chi connectivity index (χ2v) is 4.60. The monoisotopic (exact) mass is 226 g/mol. The standard InChI is InChI=1S/C9H14N4OS/c10-6-3-1-2-4-7(6)12-9(14)8-5-11-13-15-8/h5-7H,1-4,10H2,(H,12,14). The minimum Gasteiger partial charge on any atom is -0.347 e. The van der Waals surface area contributed by atoms with Gasteiger partial charge in [0.25, 0.3) is 5.91 Å². The third kappa shape index (κ3) is 2.51. The number of aromatic nitrogens is 2. The predicted octanol–water partition coefficient (Wildman–Crippen LogP) is 0.538. The SMILES string of the molecule is NC1CCCCC1NC(=O)c1cnns1. The van der Waals surface area contributed by atoms with E-state index in [-0.39, 0.29) is 18.0 Å². The van der Waals surface area contributed by atoms with Crippen molar-refractivity contribution < 1.29 is 4.79 Å². The molecule has 2 unspecified atom stereocenters.